The van der Waals surface area contributed by atoms with Crippen LogP contribution in [0, 0.1) is 0 Å². The van der Waals surface area contributed by atoms with E-state index in [1.54, 1.807) is 48.5 Å². The molecule has 0 aliphatic rings. The van der Waals surface area contributed by atoms with Gasteiger partial charge in [-0.15, -0.1) is 17.0 Å². The minimum absolute atomic E-state index is 0. The topological polar surface area (TPSA) is 40.5 Å². The molecule has 0 radical (unpaired) electrons. The van der Waals surface area contributed by atoms with Crippen molar-refractivity contribution in [3.8, 4) is 11.5 Å². The maximum absolute atomic E-state index is 8.63. The molecule has 0 heterocycles. The van der Waals surface area contributed by atoms with Crippen molar-refractivity contribution in [2.45, 2.75) is 0 Å². The molecule has 80 valence electrons. The SMILES string of the molecule is Br.Oc1ccccc1.Oc1ccccc1. The van der Waals surface area contributed by atoms with Crippen LogP contribution in [0.3, 0.4) is 0 Å². The summed E-state index contributed by atoms with van der Waals surface area (Å²) in [6.07, 6.45) is 0. The molecule has 0 aliphatic carbocycles. The lowest BCUT2D eigenvalue weighted by Gasteiger charge is -1.82. The van der Waals surface area contributed by atoms with Crippen molar-refractivity contribution >= 4 is 17.0 Å². The van der Waals surface area contributed by atoms with E-state index in [0.717, 1.165) is 0 Å². The Bertz CT molecular complexity index is 311. The monoisotopic (exact) mass is 268 g/mol. The van der Waals surface area contributed by atoms with Gasteiger partial charge in [0.15, 0.2) is 0 Å². The number of benzene rings is 2. The largest absolute Gasteiger partial charge is 0.508 e. The zero-order chi connectivity index (χ0) is 10.2. The number of aromatic hydroxyl groups is 2. The molecule has 15 heavy (non-hydrogen) atoms. The molecule has 0 aliphatic heterocycles. The number of para-hydroxylation sites is 2. The van der Waals surface area contributed by atoms with E-state index in [4.69, 9.17) is 10.2 Å². The van der Waals surface area contributed by atoms with Gasteiger partial charge in [0.05, 0.1) is 0 Å². The van der Waals surface area contributed by atoms with Crippen molar-refractivity contribution in [3.63, 3.8) is 0 Å². The lowest BCUT2D eigenvalue weighted by atomic mass is 10.3. The second kappa shape index (κ2) is 7.88. The van der Waals surface area contributed by atoms with Crippen LogP contribution in [0.25, 0.3) is 0 Å². The number of phenols is 2. The van der Waals surface area contributed by atoms with Crippen LogP contribution < -0.4 is 0 Å². The number of halogens is 1. The molecule has 0 fully saturated rings. The first-order valence-electron chi connectivity index (χ1n) is 4.27. The van der Waals surface area contributed by atoms with Crippen LogP contribution in [-0.2, 0) is 0 Å². The van der Waals surface area contributed by atoms with Gasteiger partial charge in [-0.3, -0.25) is 0 Å². The van der Waals surface area contributed by atoms with Crippen molar-refractivity contribution in [1.29, 1.82) is 0 Å². The maximum Gasteiger partial charge on any atom is 0.115 e. The summed E-state index contributed by atoms with van der Waals surface area (Å²) in [5.74, 6) is 0.644. The van der Waals surface area contributed by atoms with E-state index < -0.39 is 0 Å². The fourth-order valence-corrected chi connectivity index (χ4v) is 0.856. The Kier molecular flexibility index (Phi) is 7.10. The summed E-state index contributed by atoms with van der Waals surface area (Å²) in [5, 5.41) is 17.3. The number of hydrogen-bond acceptors (Lipinski definition) is 2. The average Bonchev–Trinajstić information content (AvgIpc) is 2.21. The summed E-state index contributed by atoms with van der Waals surface area (Å²) >= 11 is 0. The highest BCUT2D eigenvalue weighted by atomic mass is 79.9. The van der Waals surface area contributed by atoms with Gasteiger partial charge in [0.25, 0.3) is 0 Å². The maximum atomic E-state index is 8.63. The molecule has 0 spiro atoms. The van der Waals surface area contributed by atoms with Gasteiger partial charge < -0.3 is 10.2 Å². The van der Waals surface area contributed by atoms with Crippen molar-refractivity contribution in [2.75, 3.05) is 0 Å². The number of phenolic OH excluding ortho intramolecular Hbond substituents is 2. The summed E-state index contributed by atoms with van der Waals surface area (Å²) in [5.41, 5.74) is 0. The Balaban J connectivity index is 0.000000245. The van der Waals surface area contributed by atoms with Gasteiger partial charge in [0.2, 0.25) is 0 Å². The minimum Gasteiger partial charge on any atom is -0.508 e. The second-order valence-electron chi connectivity index (χ2n) is 2.67. The molecular formula is C12H13BrO2. The summed E-state index contributed by atoms with van der Waals surface area (Å²) in [4.78, 5) is 0. The smallest absolute Gasteiger partial charge is 0.115 e. The molecule has 0 saturated carbocycles. The number of hydrogen-bond donors (Lipinski definition) is 2. The van der Waals surface area contributed by atoms with E-state index in [1.807, 2.05) is 12.1 Å². The lowest BCUT2D eigenvalue weighted by molar-refractivity contribution is 0.475. The Labute approximate surface area is 99.6 Å². The minimum atomic E-state index is 0. The molecule has 0 amide bonds. The van der Waals surface area contributed by atoms with Gasteiger partial charge in [0, 0.05) is 0 Å². The molecular weight excluding hydrogens is 256 g/mol. The molecule has 2 aromatic carbocycles. The molecule has 3 heteroatoms. The van der Waals surface area contributed by atoms with Crippen LogP contribution >= 0.6 is 17.0 Å². The number of rotatable bonds is 0. The van der Waals surface area contributed by atoms with E-state index in [9.17, 15) is 0 Å². The van der Waals surface area contributed by atoms with Crippen LogP contribution in [0.5, 0.6) is 11.5 Å². The standard InChI is InChI=1S/2C6H6O.BrH/c2*7-6-4-2-1-3-5-6;/h2*1-5,7H;1H. The molecule has 2 nitrogen and oxygen atoms in total. The molecule has 0 saturated heterocycles. The Morgan fingerprint density at radius 3 is 0.933 bits per heavy atom. The van der Waals surface area contributed by atoms with Gasteiger partial charge in [-0.2, -0.15) is 0 Å². The normalized spacial score (nSPS) is 8.00. The molecule has 2 rings (SSSR count). The highest BCUT2D eigenvalue weighted by Crippen LogP contribution is 2.03. The van der Waals surface area contributed by atoms with Crippen LogP contribution in [0.2, 0.25) is 0 Å². The van der Waals surface area contributed by atoms with E-state index in [-0.39, 0.29) is 17.0 Å². The van der Waals surface area contributed by atoms with Crippen molar-refractivity contribution in [1.82, 2.24) is 0 Å². The quantitative estimate of drug-likeness (QED) is 0.769. The molecule has 2 N–H and O–H groups in total. The second-order valence-corrected chi connectivity index (χ2v) is 2.67. The summed E-state index contributed by atoms with van der Waals surface area (Å²) < 4.78 is 0. The Morgan fingerprint density at radius 2 is 0.800 bits per heavy atom. The fourth-order valence-electron chi connectivity index (χ4n) is 0.856. The Morgan fingerprint density at radius 1 is 0.533 bits per heavy atom. The van der Waals surface area contributed by atoms with E-state index >= 15 is 0 Å². The predicted molar refractivity (Wildman–Crippen MR) is 66.5 cm³/mol. The van der Waals surface area contributed by atoms with Crippen molar-refractivity contribution < 1.29 is 10.2 Å². The summed E-state index contributed by atoms with van der Waals surface area (Å²) in [6.45, 7) is 0. The van der Waals surface area contributed by atoms with Gasteiger partial charge in [-0.05, 0) is 24.3 Å². The van der Waals surface area contributed by atoms with Crippen LogP contribution in [0.1, 0.15) is 0 Å². The van der Waals surface area contributed by atoms with E-state index in [0.29, 0.717) is 11.5 Å². The molecule has 0 bridgehead atoms. The molecule has 0 unspecified atom stereocenters. The van der Waals surface area contributed by atoms with Gasteiger partial charge in [-0.1, -0.05) is 36.4 Å². The third-order valence-corrected chi connectivity index (χ3v) is 1.51. The third-order valence-electron chi connectivity index (χ3n) is 1.51. The Hall–Kier alpha value is -1.48. The first-order chi connectivity index (χ1) is 6.79. The van der Waals surface area contributed by atoms with Gasteiger partial charge in [-0.25, -0.2) is 0 Å². The summed E-state index contributed by atoms with van der Waals surface area (Å²) in [6, 6.07) is 17.4. The predicted octanol–water partition coefficient (Wildman–Crippen LogP) is 3.36. The van der Waals surface area contributed by atoms with Crippen LogP contribution in [-0.4, -0.2) is 10.2 Å². The van der Waals surface area contributed by atoms with Crippen molar-refractivity contribution in [2.24, 2.45) is 0 Å². The zero-order valence-electron chi connectivity index (χ0n) is 8.08. The van der Waals surface area contributed by atoms with Gasteiger partial charge in [0.1, 0.15) is 11.5 Å². The van der Waals surface area contributed by atoms with Crippen molar-refractivity contribution in [3.05, 3.63) is 60.7 Å². The van der Waals surface area contributed by atoms with E-state index in [1.165, 1.54) is 0 Å². The van der Waals surface area contributed by atoms with Gasteiger partial charge >= 0.3 is 0 Å². The molecule has 0 atom stereocenters. The lowest BCUT2D eigenvalue weighted by Crippen LogP contribution is -1.56. The van der Waals surface area contributed by atoms with E-state index in [2.05, 4.69) is 0 Å². The highest BCUT2D eigenvalue weighted by molar-refractivity contribution is 8.93. The fraction of sp³-hybridized carbons (Fsp3) is 0. The third kappa shape index (κ3) is 6.57. The van der Waals surface area contributed by atoms with Crippen LogP contribution in [0.4, 0.5) is 0 Å². The highest BCUT2D eigenvalue weighted by Gasteiger charge is 1.75. The molecule has 2 aromatic rings. The summed E-state index contributed by atoms with van der Waals surface area (Å²) in [7, 11) is 0. The van der Waals surface area contributed by atoms with Crippen LogP contribution in [0.15, 0.2) is 60.7 Å². The first kappa shape index (κ1) is 13.5. The molecule has 0 aromatic heterocycles. The average molecular weight is 269 g/mol. The zero-order valence-corrected chi connectivity index (χ0v) is 9.79. The first-order valence-corrected chi connectivity index (χ1v) is 4.27.